The molecule has 0 radical (unpaired) electrons. The molecular weight excluding hydrogens is 174 g/mol. The number of aliphatic hydroxyl groups excluding tert-OH is 3. The summed E-state index contributed by atoms with van der Waals surface area (Å²) in [6, 6.07) is -0.243. The predicted octanol–water partition coefficient (Wildman–Crippen LogP) is -2.17. The molecule has 2 rings (SSSR count). The van der Waals surface area contributed by atoms with Crippen LogP contribution in [0.4, 0.5) is 0 Å². The van der Waals surface area contributed by atoms with Gasteiger partial charge in [-0.15, -0.1) is 0 Å². The van der Waals surface area contributed by atoms with Gasteiger partial charge in [0.1, 0.15) is 18.3 Å². The van der Waals surface area contributed by atoms with E-state index in [1.54, 1.807) is 0 Å². The van der Waals surface area contributed by atoms with Gasteiger partial charge in [-0.1, -0.05) is 0 Å². The molecule has 5 heteroatoms. The Bertz CT molecular complexity index is 189. The second-order valence-electron chi connectivity index (χ2n) is 3.69. The zero-order chi connectivity index (χ0) is 9.42. The van der Waals surface area contributed by atoms with Crippen molar-refractivity contribution in [1.29, 1.82) is 0 Å². The van der Waals surface area contributed by atoms with Gasteiger partial charge in [-0.2, -0.15) is 0 Å². The van der Waals surface area contributed by atoms with Crippen LogP contribution < -0.4 is 5.32 Å². The number of ether oxygens (including phenoxy) is 1. The first-order chi connectivity index (χ1) is 6.20. The molecule has 4 N–H and O–H groups in total. The lowest BCUT2D eigenvalue weighted by Gasteiger charge is -2.24. The van der Waals surface area contributed by atoms with Gasteiger partial charge < -0.3 is 25.4 Å². The third-order valence-corrected chi connectivity index (χ3v) is 2.78. The molecule has 0 aromatic carbocycles. The Hall–Kier alpha value is -0.200. The molecule has 5 atom stereocenters. The van der Waals surface area contributed by atoms with Crippen LogP contribution in [0.25, 0.3) is 0 Å². The van der Waals surface area contributed by atoms with Crippen LogP contribution in [0, 0.1) is 0 Å². The number of nitrogens with one attached hydrogen (secondary N) is 1. The highest BCUT2D eigenvalue weighted by Crippen LogP contribution is 2.22. The molecule has 0 bridgehead atoms. The van der Waals surface area contributed by atoms with Crippen LogP contribution in [0.2, 0.25) is 0 Å². The highest BCUT2D eigenvalue weighted by Gasteiger charge is 2.43. The lowest BCUT2D eigenvalue weighted by atomic mass is 10.0. The van der Waals surface area contributed by atoms with Crippen molar-refractivity contribution in [3.63, 3.8) is 0 Å². The molecule has 2 heterocycles. The summed E-state index contributed by atoms with van der Waals surface area (Å²) in [5, 5.41) is 31.3. The van der Waals surface area contributed by atoms with Crippen LogP contribution in [0.3, 0.4) is 0 Å². The third-order valence-electron chi connectivity index (χ3n) is 2.78. The molecule has 2 aliphatic rings. The quantitative estimate of drug-likeness (QED) is 0.377. The molecule has 0 unspecified atom stereocenters. The first-order valence-electron chi connectivity index (χ1n) is 4.59. The standard InChI is InChI=1S/C8H15NO4/c10-4-1-2-9-6(4)8-7(12)5(11)3-13-8/h4-12H,1-3H2/t4-,5+,6-,7-,8-/m1/s1. The fraction of sp³-hybridized carbons (Fsp3) is 1.00. The molecule has 0 saturated carbocycles. The maximum absolute atomic E-state index is 9.52. The van der Waals surface area contributed by atoms with E-state index in [0.717, 1.165) is 6.54 Å². The Morgan fingerprint density at radius 1 is 1.15 bits per heavy atom. The van der Waals surface area contributed by atoms with E-state index in [4.69, 9.17) is 4.74 Å². The van der Waals surface area contributed by atoms with E-state index in [-0.39, 0.29) is 12.6 Å². The van der Waals surface area contributed by atoms with Crippen molar-refractivity contribution in [2.24, 2.45) is 0 Å². The summed E-state index contributed by atoms with van der Waals surface area (Å²) in [5.74, 6) is 0. The maximum Gasteiger partial charge on any atom is 0.110 e. The molecular formula is C8H15NO4. The van der Waals surface area contributed by atoms with Gasteiger partial charge in [-0.3, -0.25) is 0 Å². The van der Waals surface area contributed by atoms with E-state index in [9.17, 15) is 15.3 Å². The zero-order valence-electron chi connectivity index (χ0n) is 7.26. The molecule has 0 amide bonds. The van der Waals surface area contributed by atoms with Crippen molar-refractivity contribution in [2.75, 3.05) is 13.2 Å². The molecule has 0 spiro atoms. The van der Waals surface area contributed by atoms with E-state index in [1.807, 2.05) is 0 Å². The second-order valence-corrected chi connectivity index (χ2v) is 3.69. The van der Waals surface area contributed by atoms with Crippen molar-refractivity contribution in [3.8, 4) is 0 Å². The minimum Gasteiger partial charge on any atom is -0.391 e. The molecule has 0 aromatic heterocycles. The van der Waals surface area contributed by atoms with E-state index in [0.29, 0.717) is 6.42 Å². The molecule has 0 aromatic rings. The number of rotatable bonds is 1. The minimum absolute atomic E-state index is 0.150. The Morgan fingerprint density at radius 3 is 2.38 bits per heavy atom. The topological polar surface area (TPSA) is 82.0 Å². The SMILES string of the molecule is O[C@H]1[C@@H]([C@@H]2NCC[C@H]2O)OC[C@@H]1O. The van der Waals surface area contributed by atoms with E-state index in [2.05, 4.69) is 5.32 Å². The van der Waals surface area contributed by atoms with Crippen LogP contribution in [-0.4, -0.2) is 58.9 Å². The van der Waals surface area contributed by atoms with Crippen LogP contribution in [-0.2, 0) is 4.74 Å². The highest BCUT2D eigenvalue weighted by molar-refractivity contribution is 4.97. The van der Waals surface area contributed by atoms with Crippen LogP contribution >= 0.6 is 0 Å². The minimum atomic E-state index is -0.884. The van der Waals surface area contributed by atoms with Crippen molar-refractivity contribution in [3.05, 3.63) is 0 Å². The number of hydrogen-bond acceptors (Lipinski definition) is 5. The van der Waals surface area contributed by atoms with Crippen molar-refractivity contribution in [2.45, 2.75) is 36.9 Å². The molecule has 76 valence electrons. The van der Waals surface area contributed by atoms with Gasteiger partial charge in [0.15, 0.2) is 0 Å². The van der Waals surface area contributed by atoms with Crippen LogP contribution in [0.5, 0.6) is 0 Å². The van der Waals surface area contributed by atoms with Crippen molar-refractivity contribution in [1.82, 2.24) is 5.32 Å². The van der Waals surface area contributed by atoms with Gasteiger partial charge in [0.25, 0.3) is 0 Å². The Morgan fingerprint density at radius 2 is 1.92 bits per heavy atom. The summed E-state index contributed by atoms with van der Waals surface area (Å²) in [5.41, 5.74) is 0. The normalized spacial score (nSPS) is 51.5. The monoisotopic (exact) mass is 189 g/mol. The summed E-state index contributed by atoms with van der Waals surface area (Å²) in [6.07, 6.45) is -1.99. The Balaban J connectivity index is 2.00. The van der Waals surface area contributed by atoms with Gasteiger partial charge in [0, 0.05) is 0 Å². The summed E-state index contributed by atoms with van der Waals surface area (Å²) in [7, 11) is 0. The van der Waals surface area contributed by atoms with Crippen molar-refractivity contribution >= 4 is 0 Å². The molecule has 0 aliphatic carbocycles. The fourth-order valence-corrected chi connectivity index (χ4v) is 1.99. The van der Waals surface area contributed by atoms with Gasteiger partial charge >= 0.3 is 0 Å². The summed E-state index contributed by atoms with van der Waals surface area (Å²) in [6.45, 7) is 0.880. The zero-order valence-corrected chi connectivity index (χ0v) is 7.26. The summed E-state index contributed by atoms with van der Waals surface area (Å²) < 4.78 is 5.21. The predicted molar refractivity (Wildman–Crippen MR) is 44.2 cm³/mol. The smallest absolute Gasteiger partial charge is 0.110 e. The Kier molecular flexibility index (Phi) is 2.53. The summed E-state index contributed by atoms with van der Waals surface area (Å²) >= 11 is 0. The summed E-state index contributed by atoms with van der Waals surface area (Å²) in [4.78, 5) is 0. The maximum atomic E-state index is 9.52. The average molecular weight is 189 g/mol. The second kappa shape index (κ2) is 3.51. The number of aliphatic hydroxyl groups is 3. The lowest BCUT2D eigenvalue weighted by Crippen LogP contribution is -2.48. The molecule has 2 aliphatic heterocycles. The lowest BCUT2D eigenvalue weighted by molar-refractivity contribution is -0.0175. The molecule has 5 nitrogen and oxygen atoms in total. The largest absolute Gasteiger partial charge is 0.391 e. The van der Waals surface area contributed by atoms with Gasteiger partial charge in [-0.25, -0.2) is 0 Å². The average Bonchev–Trinajstić information content (AvgIpc) is 2.62. The van der Waals surface area contributed by atoms with Crippen LogP contribution in [0.15, 0.2) is 0 Å². The molecule has 13 heavy (non-hydrogen) atoms. The first-order valence-corrected chi connectivity index (χ1v) is 4.59. The fourth-order valence-electron chi connectivity index (χ4n) is 1.99. The van der Waals surface area contributed by atoms with Gasteiger partial charge in [0.05, 0.1) is 18.8 Å². The first kappa shape index (κ1) is 9.36. The van der Waals surface area contributed by atoms with Crippen molar-refractivity contribution < 1.29 is 20.1 Å². The molecule has 2 fully saturated rings. The van der Waals surface area contributed by atoms with Crippen LogP contribution in [0.1, 0.15) is 6.42 Å². The highest BCUT2D eigenvalue weighted by atomic mass is 16.5. The van der Waals surface area contributed by atoms with E-state index in [1.165, 1.54) is 0 Å². The van der Waals surface area contributed by atoms with E-state index < -0.39 is 24.4 Å². The number of hydrogen-bond donors (Lipinski definition) is 4. The van der Waals surface area contributed by atoms with Gasteiger partial charge in [0.2, 0.25) is 0 Å². The molecule has 2 saturated heterocycles. The third kappa shape index (κ3) is 1.58. The Labute approximate surface area is 76.3 Å². The van der Waals surface area contributed by atoms with E-state index >= 15 is 0 Å². The van der Waals surface area contributed by atoms with Gasteiger partial charge in [-0.05, 0) is 13.0 Å².